The standard InChI is InChI=1S/C25H36N4O18P2/c1-10-11(2)21(43-14(5)32)25(45-20(10)16(42-13(4)31)6-40-12(3)30)46-49(38,39)47-48(36,37)41-7-15-18(33)19(34)24(44-15)29-9-28-17-22(29)26-8-27-23(17)35/h8-11,15-16,18-21,24-25,33-34H,6-7H2,1-5H3,(H,36,37)(H,38,39)(H,26,27,35)/t10-,11-,15+,16+,18?,19-,20?,21?,24+,25-/m0/s1. The fourth-order valence-electron chi connectivity index (χ4n) is 5.29. The number of nitrogens with one attached hydrogen (secondary N) is 1. The number of ether oxygens (including phenoxy) is 5. The van der Waals surface area contributed by atoms with E-state index in [2.05, 4.69) is 19.3 Å². The van der Waals surface area contributed by atoms with E-state index in [0.29, 0.717) is 0 Å². The quantitative estimate of drug-likeness (QED) is 0.0973. The lowest BCUT2D eigenvalue weighted by Crippen LogP contribution is -2.56. The van der Waals surface area contributed by atoms with Crippen molar-refractivity contribution < 1.29 is 80.6 Å². The van der Waals surface area contributed by atoms with Crippen molar-refractivity contribution in [3.8, 4) is 0 Å². The van der Waals surface area contributed by atoms with E-state index < -0.39 is 113 Å². The van der Waals surface area contributed by atoms with Gasteiger partial charge >= 0.3 is 33.6 Å². The number of H-pyrrole nitrogens is 1. The molecule has 0 bridgehead atoms. The number of fused-ring (bicyclic) bond motifs is 1. The van der Waals surface area contributed by atoms with Gasteiger partial charge in [0.1, 0.15) is 31.0 Å². The van der Waals surface area contributed by atoms with Gasteiger partial charge in [-0.1, -0.05) is 13.8 Å². The maximum absolute atomic E-state index is 13.0. The van der Waals surface area contributed by atoms with Crippen LogP contribution in [0.2, 0.25) is 0 Å². The van der Waals surface area contributed by atoms with Crippen LogP contribution in [0.4, 0.5) is 0 Å². The lowest BCUT2D eigenvalue weighted by molar-refractivity contribution is -0.270. The Morgan fingerprint density at radius 1 is 1.00 bits per heavy atom. The number of nitrogens with zero attached hydrogens (tertiary/aromatic N) is 3. The highest BCUT2D eigenvalue weighted by molar-refractivity contribution is 7.61. The monoisotopic (exact) mass is 742 g/mol. The van der Waals surface area contributed by atoms with E-state index in [-0.39, 0.29) is 11.2 Å². The van der Waals surface area contributed by atoms with E-state index in [4.69, 9.17) is 32.7 Å². The van der Waals surface area contributed by atoms with Crippen molar-refractivity contribution in [1.82, 2.24) is 19.5 Å². The molecule has 4 heterocycles. The molecule has 49 heavy (non-hydrogen) atoms. The zero-order chi connectivity index (χ0) is 36.4. The molecule has 5 unspecified atom stereocenters. The zero-order valence-electron chi connectivity index (χ0n) is 26.6. The van der Waals surface area contributed by atoms with Crippen molar-refractivity contribution in [3.05, 3.63) is 23.0 Å². The molecule has 4 rings (SSSR count). The normalized spacial score (nSPS) is 31.7. The van der Waals surface area contributed by atoms with Gasteiger partial charge in [-0.3, -0.25) is 32.8 Å². The SMILES string of the molecule is CC(=O)OC[C@@H](OC(C)=O)C1O[C@@H](OP(=O)(O)OP(=O)(O)OC[C@H]2O[C@@H](n3cnc4c(=O)[nH]cnc43)[C@@H](O)C2O)C(OC(C)=O)[C@@H](C)[C@@H]1C. The van der Waals surface area contributed by atoms with Crippen LogP contribution < -0.4 is 5.56 Å². The number of aromatic amines is 1. The Hall–Kier alpha value is -3.14. The molecular weight excluding hydrogens is 706 g/mol. The Morgan fingerprint density at radius 3 is 2.33 bits per heavy atom. The predicted octanol–water partition coefficient (Wildman–Crippen LogP) is -0.587. The third kappa shape index (κ3) is 9.35. The first-order valence-corrected chi connectivity index (χ1v) is 17.5. The first-order valence-electron chi connectivity index (χ1n) is 14.5. The number of esters is 3. The maximum Gasteiger partial charge on any atom is 0.483 e. The van der Waals surface area contributed by atoms with Gasteiger partial charge in [-0.25, -0.2) is 19.1 Å². The topological polar surface area (TPSA) is 304 Å². The summed E-state index contributed by atoms with van der Waals surface area (Å²) < 4.78 is 67.9. The second-order valence-electron chi connectivity index (χ2n) is 11.2. The third-order valence-electron chi connectivity index (χ3n) is 7.68. The number of phosphoric ester groups is 2. The van der Waals surface area contributed by atoms with Crippen molar-refractivity contribution in [2.24, 2.45) is 11.8 Å². The summed E-state index contributed by atoms with van der Waals surface area (Å²) in [5.41, 5.74) is -0.697. The van der Waals surface area contributed by atoms with Crippen molar-refractivity contribution >= 4 is 44.7 Å². The molecule has 2 aliphatic rings. The summed E-state index contributed by atoms with van der Waals surface area (Å²) >= 11 is 0. The van der Waals surface area contributed by atoms with Gasteiger partial charge in [0, 0.05) is 26.7 Å². The van der Waals surface area contributed by atoms with Gasteiger partial charge in [-0.05, 0) is 5.92 Å². The van der Waals surface area contributed by atoms with Crippen molar-refractivity contribution in [2.75, 3.05) is 13.2 Å². The third-order valence-corrected chi connectivity index (χ3v) is 10.3. The molecule has 0 aromatic carbocycles. The Morgan fingerprint density at radius 2 is 1.69 bits per heavy atom. The minimum atomic E-state index is -5.65. The molecule has 2 saturated heterocycles. The van der Waals surface area contributed by atoms with Crippen molar-refractivity contribution in [1.29, 1.82) is 0 Å². The van der Waals surface area contributed by atoms with Crippen LogP contribution in [0.25, 0.3) is 11.2 Å². The van der Waals surface area contributed by atoms with Gasteiger partial charge in [0.05, 0.1) is 19.3 Å². The number of carbonyl (C=O) groups excluding carboxylic acids is 3. The van der Waals surface area contributed by atoms with Crippen molar-refractivity contribution in [3.63, 3.8) is 0 Å². The first kappa shape index (κ1) is 38.7. The summed E-state index contributed by atoms with van der Waals surface area (Å²) in [4.78, 5) is 78.0. The van der Waals surface area contributed by atoms with Crippen LogP contribution in [0.3, 0.4) is 0 Å². The predicted molar refractivity (Wildman–Crippen MR) is 157 cm³/mol. The Kier molecular flexibility index (Phi) is 12.1. The summed E-state index contributed by atoms with van der Waals surface area (Å²) in [5.74, 6) is -3.69. The summed E-state index contributed by atoms with van der Waals surface area (Å²) in [6.07, 6.45) is -9.93. The van der Waals surface area contributed by atoms with Crippen LogP contribution in [0.5, 0.6) is 0 Å². The number of imidazole rings is 1. The van der Waals surface area contributed by atoms with Crippen LogP contribution in [0.1, 0.15) is 40.8 Å². The van der Waals surface area contributed by atoms with Gasteiger partial charge in [0.2, 0.25) is 6.29 Å². The Labute approximate surface area is 276 Å². The second kappa shape index (κ2) is 15.4. The van der Waals surface area contributed by atoms with Gasteiger partial charge < -0.3 is 48.7 Å². The van der Waals surface area contributed by atoms with Gasteiger partial charge in [0.25, 0.3) is 5.56 Å². The number of aromatic nitrogens is 4. The molecule has 2 aliphatic heterocycles. The van der Waals surface area contributed by atoms with Crippen molar-refractivity contribution in [2.45, 2.75) is 83.8 Å². The number of aliphatic hydroxyl groups is 2. The van der Waals surface area contributed by atoms with E-state index in [9.17, 15) is 48.3 Å². The number of phosphoric acid groups is 2. The van der Waals surface area contributed by atoms with Gasteiger partial charge in [-0.15, -0.1) is 0 Å². The second-order valence-corrected chi connectivity index (χ2v) is 14.2. The fraction of sp³-hybridized carbons (Fsp3) is 0.680. The molecule has 0 radical (unpaired) electrons. The molecule has 2 aromatic rings. The molecule has 2 fully saturated rings. The molecule has 0 spiro atoms. The number of carbonyl (C=O) groups is 3. The van der Waals surface area contributed by atoms with Crippen LogP contribution in [0.15, 0.2) is 17.4 Å². The zero-order valence-corrected chi connectivity index (χ0v) is 28.4. The lowest BCUT2D eigenvalue weighted by atomic mass is 9.81. The molecule has 12 atom stereocenters. The molecule has 0 saturated carbocycles. The lowest BCUT2D eigenvalue weighted by Gasteiger charge is -2.45. The largest absolute Gasteiger partial charge is 0.483 e. The van der Waals surface area contributed by atoms with Crippen LogP contribution in [0, 0.1) is 11.8 Å². The minimum Gasteiger partial charge on any atom is -0.462 e. The molecular formula is C25H36N4O18P2. The van der Waals surface area contributed by atoms with E-state index in [1.165, 1.54) is 0 Å². The Bertz CT molecular complexity index is 1680. The van der Waals surface area contributed by atoms with E-state index in [1.54, 1.807) is 13.8 Å². The van der Waals surface area contributed by atoms with E-state index in [1.807, 2.05) is 0 Å². The number of rotatable bonds is 13. The first-order chi connectivity index (χ1) is 22.8. The molecule has 24 heteroatoms. The highest BCUT2D eigenvalue weighted by atomic mass is 31.3. The number of hydrogen-bond acceptors (Lipinski definition) is 18. The summed E-state index contributed by atoms with van der Waals surface area (Å²) in [6, 6.07) is 0. The van der Waals surface area contributed by atoms with Crippen LogP contribution in [-0.4, -0.2) is 114 Å². The molecule has 274 valence electrons. The summed E-state index contributed by atoms with van der Waals surface area (Å²) in [5, 5.41) is 21.1. The van der Waals surface area contributed by atoms with E-state index in [0.717, 1.165) is 38.0 Å². The minimum absolute atomic E-state index is 0.00964. The van der Waals surface area contributed by atoms with Gasteiger partial charge in [0.15, 0.2) is 29.6 Å². The maximum atomic E-state index is 13.0. The molecule has 0 amide bonds. The number of aliphatic hydroxyl groups excluding tert-OH is 2. The van der Waals surface area contributed by atoms with Crippen LogP contribution in [-0.2, 0) is 60.6 Å². The Balaban J connectivity index is 1.46. The summed E-state index contributed by atoms with van der Waals surface area (Å²) in [7, 11) is -11.2. The average molecular weight is 743 g/mol. The number of hydrogen-bond donors (Lipinski definition) is 5. The fourth-order valence-corrected chi connectivity index (χ4v) is 7.45. The molecule has 2 aromatic heterocycles. The van der Waals surface area contributed by atoms with Gasteiger partial charge in [-0.2, -0.15) is 4.31 Å². The average Bonchev–Trinajstić information content (AvgIpc) is 3.54. The van der Waals surface area contributed by atoms with E-state index >= 15 is 0 Å². The highest BCUT2D eigenvalue weighted by Crippen LogP contribution is 2.62. The molecule has 22 nitrogen and oxygen atoms in total. The molecule has 5 N–H and O–H groups in total. The highest BCUT2D eigenvalue weighted by Gasteiger charge is 2.52. The smallest absolute Gasteiger partial charge is 0.462 e. The van der Waals surface area contributed by atoms with Crippen LogP contribution >= 0.6 is 15.6 Å². The molecule has 0 aliphatic carbocycles. The summed E-state index contributed by atoms with van der Waals surface area (Å²) in [6.45, 7) is 4.94.